The second-order valence-corrected chi connectivity index (χ2v) is 3.36. The number of nitro groups is 1. The number of aliphatic hydroxyl groups is 1. The van der Waals surface area contributed by atoms with Gasteiger partial charge < -0.3 is 5.11 Å². The van der Waals surface area contributed by atoms with Crippen molar-refractivity contribution in [1.82, 2.24) is 9.55 Å². The number of rotatable bonds is 4. The van der Waals surface area contributed by atoms with Crippen LogP contribution in [0.15, 0.2) is 15.8 Å². The number of nitrogens with one attached hydrogen (secondary N) is 1. The van der Waals surface area contributed by atoms with Gasteiger partial charge >= 0.3 is 16.9 Å². The van der Waals surface area contributed by atoms with Crippen molar-refractivity contribution in [1.29, 1.82) is 0 Å². The number of aromatic nitrogens is 2. The summed E-state index contributed by atoms with van der Waals surface area (Å²) in [7, 11) is 0. The molecule has 0 fully saturated rings. The summed E-state index contributed by atoms with van der Waals surface area (Å²) in [5.41, 5.74) is -2.44. The van der Waals surface area contributed by atoms with Crippen LogP contribution in [0.1, 0.15) is 13.3 Å². The molecule has 0 saturated heterocycles. The van der Waals surface area contributed by atoms with E-state index < -0.39 is 28.0 Å². The van der Waals surface area contributed by atoms with Gasteiger partial charge in [0.05, 0.1) is 17.2 Å². The van der Waals surface area contributed by atoms with Crippen LogP contribution in [0.3, 0.4) is 0 Å². The summed E-state index contributed by atoms with van der Waals surface area (Å²) >= 11 is 0. The van der Waals surface area contributed by atoms with Crippen molar-refractivity contribution >= 4 is 5.69 Å². The highest BCUT2D eigenvalue weighted by Crippen LogP contribution is 2.00. The SMILES string of the molecule is CC(O)CCn1cc([N+](=O)[O-])c(=O)[nH]c1=O. The van der Waals surface area contributed by atoms with Crippen LogP contribution in [0.25, 0.3) is 0 Å². The van der Waals surface area contributed by atoms with Gasteiger partial charge in [-0.1, -0.05) is 0 Å². The summed E-state index contributed by atoms with van der Waals surface area (Å²) in [4.78, 5) is 33.7. The van der Waals surface area contributed by atoms with E-state index in [9.17, 15) is 19.7 Å². The summed E-state index contributed by atoms with van der Waals surface area (Å²) in [5.74, 6) is 0. The largest absolute Gasteiger partial charge is 0.393 e. The predicted octanol–water partition coefficient (Wildman–Crippen LogP) is -0.784. The minimum atomic E-state index is -1.02. The van der Waals surface area contributed by atoms with E-state index in [1.807, 2.05) is 4.98 Å². The molecule has 0 aromatic carbocycles. The molecule has 2 N–H and O–H groups in total. The summed E-state index contributed by atoms with van der Waals surface area (Å²) < 4.78 is 0.992. The Morgan fingerprint density at radius 3 is 2.75 bits per heavy atom. The molecule has 8 heteroatoms. The fraction of sp³-hybridized carbons (Fsp3) is 0.500. The lowest BCUT2D eigenvalue weighted by atomic mass is 10.3. The van der Waals surface area contributed by atoms with Crippen LogP contribution >= 0.6 is 0 Å². The summed E-state index contributed by atoms with van der Waals surface area (Å²) in [5, 5.41) is 19.5. The lowest BCUT2D eigenvalue weighted by Gasteiger charge is -2.05. The van der Waals surface area contributed by atoms with Crippen molar-refractivity contribution in [3.8, 4) is 0 Å². The Bertz CT molecular complexity index is 501. The van der Waals surface area contributed by atoms with Gasteiger partial charge in [0.2, 0.25) is 0 Å². The normalized spacial score (nSPS) is 12.4. The summed E-state index contributed by atoms with van der Waals surface area (Å²) in [6.45, 7) is 1.64. The van der Waals surface area contributed by atoms with Crippen LogP contribution in [-0.2, 0) is 6.54 Å². The van der Waals surface area contributed by atoms with Crippen LogP contribution in [0.5, 0.6) is 0 Å². The molecule has 8 nitrogen and oxygen atoms in total. The molecule has 0 bridgehead atoms. The first-order chi connectivity index (χ1) is 7.41. The maximum absolute atomic E-state index is 11.2. The minimum Gasteiger partial charge on any atom is -0.393 e. The molecule has 1 aromatic rings. The van der Waals surface area contributed by atoms with E-state index in [1.54, 1.807) is 0 Å². The highest BCUT2D eigenvalue weighted by Gasteiger charge is 2.14. The number of nitrogens with zero attached hydrogens (tertiary/aromatic N) is 2. The molecule has 1 atom stereocenters. The molecular formula is C8H11N3O5. The first-order valence-electron chi connectivity index (χ1n) is 4.58. The Hall–Kier alpha value is -1.96. The average Bonchev–Trinajstić information content (AvgIpc) is 2.15. The van der Waals surface area contributed by atoms with Crippen molar-refractivity contribution in [3.63, 3.8) is 0 Å². The zero-order valence-electron chi connectivity index (χ0n) is 8.54. The molecule has 0 saturated carbocycles. The summed E-state index contributed by atoms with van der Waals surface area (Å²) in [6, 6.07) is 0. The number of H-pyrrole nitrogens is 1. The average molecular weight is 229 g/mol. The van der Waals surface area contributed by atoms with Gasteiger partial charge in [-0.3, -0.25) is 24.5 Å². The number of hydrogen-bond donors (Lipinski definition) is 2. The Balaban J connectivity index is 3.10. The first kappa shape index (κ1) is 12.1. The molecule has 0 aliphatic heterocycles. The molecule has 1 aromatic heterocycles. The van der Waals surface area contributed by atoms with E-state index in [2.05, 4.69) is 0 Å². The lowest BCUT2D eigenvalue weighted by Crippen LogP contribution is -2.31. The molecule has 0 aliphatic rings. The Morgan fingerprint density at radius 2 is 2.25 bits per heavy atom. The molecule has 0 spiro atoms. The highest BCUT2D eigenvalue weighted by atomic mass is 16.6. The predicted molar refractivity (Wildman–Crippen MR) is 54.3 cm³/mol. The number of aliphatic hydroxyl groups excluding tert-OH is 1. The van der Waals surface area contributed by atoms with Gasteiger partial charge in [-0.05, 0) is 13.3 Å². The fourth-order valence-corrected chi connectivity index (χ4v) is 1.12. The first-order valence-corrected chi connectivity index (χ1v) is 4.58. The van der Waals surface area contributed by atoms with E-state index in [-0.39, 0.29) is 13.0 Å². The molecule has 1 rings (SSSR count). The molecule has 88 valence electrons. The zero-order chi connectivity index (χ0) is 12.3. The Labute approximate surface area is 89.3 Å². The number of aromatic amines is 1. The lowest BCUT2D eigenvalue weighted by molar-refractivity contribution is -0.386. The third kappa shape index (κ3) is 2.76. The van der Waals surface area contributed by atoms with Gasteiger partial charge in [-0.15, -0.1) is 0 Å². The van der Waals surface area contributed by atoms with Crippen LogP contribution in [0.4, 0.5) is 5.69 Å². The molecular weight excluding hydrogens is 218 g/mol. The van der Waals surface area contributed by atoms with Crippen molar-refractivity contribution in [2.45, 2.75) is 26.0 Å². The number of aryl methyl sites for hydroxylation is 1. The standard InChI is InChI=1S/C8H11N3O5/c1-5(12)2-3-10-4-6(11(15)16)7(13)9-8(10)14/h4-5,12H,2-3H2,1H3,(H,9,13,14). The van der Waals surface area contributed by atoms with E-state index in [4.69, 9.17) is 5.11 Å². The second kappa shape index (κ2) is 4.71. The van der Waals surface area contributed by atoms with E-state index >= 15 is 0 Å². The highest BCUT2D eigenvalue weighted by molar-refractivity contribution is 5.20. The van der Waals surface area contributed by atoms with E-state index in [1.165, 1.54) is 6.92 Å². The quantitative estimate of drug-likeness (QED) is 0.518. The number of hydrogen-bond acceptors (Lipinski definition) is 5. The second-order valence-electron chi connectivity index (χ2n) is 3.36. The van der Waals surface area contributed by atoms with E-state index in [0.717, 1.165) is 10.8 Å². The maximum atomic E-state index is 11.2. The van der Waals surface area contributed by atoms with Crippen molar-refractivity contribution in [2.24, 2.45) is 0 Å². The molecule has 0 radical (unpaired) electrons. The molecule has 1 heterocycles. The van der Waals surface area contributed by atoms with Crippen molar-refractivity contribution in [3.05, 3.63) is 37.1 Å². The van der Waals surface area contributed by atoms with Gasteiger partial charge in [0, 0.05) is 6.54 Å². The van der Waals surface area contributed by atoms with Gasteiger partial charge in [0.1, 0.15) is 0 Å². The monoisotopic (exact) mass is 229 g/mol. The molecule has 0 aliphatic carbocycles. The zero-order valence-corrected chi connectivity index (χ0v) is 8.54. The molecule has 1 unspecified atom stereocenters. The maximum Gasteiger partial charge on any atom is 0.350 e. The van der Waals surface area contributed by atoms with Crippen LogP contribution in [0, 0.1) is 10.1 Å². The van der Waals surface area contributed by atoms with Gasteiger partial charge in [-0.25, -0.2) is 4.79 Å². The topological polar surface area (TPSA) is 118 Å². The summed E-state index contributed by atoms with van der Waals surface area (Å²) in [6.07, 6.45) is 0.519. The Kier molecular flexibility index (Phi) is 3.56. The smallest absolute Gasteiger partial charge is 0.350 e. The van der Waals surface area contributed by atoms with Crippen LogP contribution in [-0.4, -0.2) is 25.7 Å². The van der Waals surface area contributed by atoms with Gasteiger partial charge in [-0.2, -0.15) is 0 Å². The minimum absolute atomic E-state index is 0.105. The molecule has 16 heavy (non-hydrogen) atoms. The third-order valence-corrected chi connectivity index (χ3v) is 1.98. The Morgan fingerprint density at radius 1 is 1.62 bits per heavy atom. The fourth-order valence-electron chi connectivity index (χ4n) is 1.12. The molecule has 0 amide bonds. The van der Waals surface area contributed by atoms with Gasteiger partial charge in [0.15, 0.2) is 0 Å². The van der Waals surface area contributed by atoms with Crippen LogP contribution < -0.4 is 11.2 Å². The van der Waals surface area contributed by atoms with Crippen molar-refractivity contribution in [2.75, 3.05) is 0 Å². The van der Waals surface area contributed by atoms with E-state index in [0.29, 0.717) is 0 Å². The third-order valence-electron chi connectivity index (χ3n) is 1.98. The van der Waals surface area contributed by atoms with Crippen molar-refractivity contribution < 1.29 is 10.0 Å². The van der Waals surface area contributed by atoms with Gasteiger partial charge in [0.25, 0.3) is 0 Å². The van der Waals surface area contributed by atoms with Crippen LogP contribution in [0.2, 0.25) is 0 Å².